The van der Waals surface area contributed by atoms with E-state index in [9.17, 15) is 19.0 Å². The molecule has 1 unspecified atom stereocenters. The topological polar surface area (TPSA) is 108 Å². The van der Waals surface area contributed by atoms with Crippen molar-refractivity contribution in [3.05, 3.63) is 48.6 Å². The third-order valence-corrected chi connectivity index (χ3v) is 9.57. The number of esters is 2. The minimum absolute atomic E-state index is 0.0248. The summed E-state index contributed by atoms with van der Waals surface area (Å²) in [5.74, 6) is -0.835. The van der Waals surface area contributed by atoms with Gasteiger partial charge in [0.15, 0.2) is 6.10 Å². The first-order valence-electron chi connectivity index (χ1n) is 20.9. The quantitative estimate of drug-likeness (QED) is 0.0219. The summed E-state index contributed by atoms with van der Waals surface area (Å²) in [5.41, 5.74) is 0. The second-order valence-electron chi connectivity index (χ2n) is 15.0. The van der Waals surface area contributed by atoms with Crippen molar-refractivity contribution >= 4 is 19.8 Å². The van der Waals surface area contributed by atoms with E-state index in [1.54, 1.807) is 0 Å². The number of unbranched alkanes of at least 4 members (excludes halogenated alkanes) is 15. The van der Waals surface area contributed by atoms with Gasteiger partial charge in [-0.3, -0.25) is 18.6 Å². The second-order valence-corrected chi connectivity index (χ2v) is 16.5. The molecular weight excluding hydrogens is 689 g/mol. The van der Waals surface area contributed by atoms with E-state index in [-0.39, 0.29) is 32.0 Å². The lowest BCUT2D eigenvalue weighted by molar-refractivity contribution is -0.870. The van der Waals surface area contributed by atoms with Gasteiger partial charge >= 0.3 is 19.8 Å². The number of phosphoric ester groups is 1. The summed E-state index contributed by atoms with van der Waals surface area (Å²) in [6.45, 7) is 4.30. The van der Waals surface area contributed by atoms with Gasteiger partial charge in [0.2, 0.25) is 0 Å². The van der Waals surface area contributed by atoms with Crippen LogP contribution in [0.1, 0.15) is 162 Å². The molecule has 53 heavy (non-hydrogen) atoms. The third-order valence-electron chi connectivity index (χ3n) is 8.58. The summed E-state index contributed by atoms with van der Waals surface area (Å²) in [6.07, 6.45) is 40.1. The molecule has 0 bridgehead atoms. The van der Waals surface area contributed by atoms with Crippen molar-refractivity contribution in [2.24, 2.45) is 0 Å². The molecule has 0 saturated carbocycles. The second kappa shape index (κ2) is 35.7. The number of hydrogen-bond acceptors (Lipinski definition) is 7. The molecule has 0 aromatic carbocycles. The number of rotatable bonds is 37. The van der Waals surface area contributed by atoms with Crippen molar-refractivity contribution in [3.8, 4) is 0 Å². The molecule has 2 atom stereocenters. The molecule has 308 valence electrons. The Balaban J connectivity index is 4.45. The molecule has 0 fully saturated rings. The van der Waals surface area contributed by atoms with E-state index in [0.29, 0.717) is 17.4 Å². The fourth-order valence-corrected chi connectivity index (χ4v) is 5.98. The average molecular weight is 769 g/mol. The Bertz CT molecular complexity index is 1050. The van der Waals surface area contributed by atoms with Crippen molar-refractivity contribution in [3.63, 3.8) is 0 Å². The van der Waals surface area contributed by atoms with Crippen LogP contribution >= 0.6 is 7.82 Å². The summed E-state index contributed by atoms with van der Waals surface area (Å²) in [5, 5.41) is 0. The number of nitrogens with zero attached hydrogens (tertiary/aromatic N) is 1. The normalized spacial score (nSPS) is 14.2. The smallest absolute Gasteiger partial charge is 0.462 e. The highest BCUT2D eigenvalue weighted by Crippen LogP contribution is 2.43. The molecule has 0 aromatic heterocycles. The molecule has 0 saturated heterocycles. The SMILES string of the molecule is CCCC/C=C\C/C=C\CCCCCCCC(=O)OC[C@H](COP(=O)(O)OCC[N+](C)(C)C)OC(=O)CCCCCCC/C=C\C/C=C\CCCCC. The van der Waals surface area contributed by atoms with Crippen molar-refractivity contribution in [1.82, 2.24) is 0 Å². The molecule has 0 radical (unpaired) electrons. The van der Waals surface area contributed by atoms with Gasteiger partial charge in [-0.05, 0) is 70.6 Å². The van der Waals surface area contributed by atoms with Crippen molar-refractivity contribution in [1.29, 1.82) is 0 Å². The lowest BCUT2D eigenvalue weighted by atomic mass is 10.1. The standard InChI is InChI=1S/C43H78NO8P/c1-6-8-10-12-14-16-18-20-22-24-26-28-30-32-34-36-43(46)52-41(40-51-53(47,48)50-38-37-44(3,4)5)39-49-42(45)35-33-31-29-27-25-23-21-19-17-15-13-11-9-7-2/h13-16,19-22,41H,6-12,17-18,23-40H2,1-5H3/p+1/b15-13-,16-14-,21-19-,22-20-/t41-/m1/s1. The van der Waals surface area contributed by atoms with E-state index in [1.165, 1.54) is 38.5 Å². The van der Waals surface area contributed by atoms with Crippen LogP contribution in [0.15, 0.2) is 48.6 Å². The number of likely N-dealkylation sites (N-methyl/N-ethyl adjacent to an activating group) is 1. The molecule has 0 heterocycles. The summed E-state index contributed by atoms with van der Waals surface area (Å²) >= 11 is 0. The zero-order valence-corrected chi connectivity index (χ0v) is 35.4. The van der Waals surface area contributed by atoms with E-state index in [2.05, 4.69) is 62.5 Å². The highest BCUT2D eigenvalue weighted by molar-refractivity contribution is 7.47. The molecule has 10 heteroatoms. The van der Waals surface area contributed by atoms with E-state index in [4.69, 9.17) is 18.5 Å². The first-order valence-corrected chi connectivity index (χ1v) is 22.4. The fourth-order valence-electron chi connectivity index (χ4n) is 5.23. The first kappa shape index (κ1) is 51.0. The molecule has 0 spiro atoms. The summed E-state index contributed by atoms with van der Waals surface area (Å²) in [7, 11) is 1.45. The number of quaternary nitrogens is 1. The molecule has 0 aliphatic carbocycles. The van der Waals surface area contributed by atoms with Crippen LogP contribution < -0.4 is 0 Å². The van der Waals surface area contributed by atoms with Crippen LogP contribution in [0.2, 0.25) is 0 Å². The van der Waals surface area contributed by atoms with Crippen molar-refractivity contribution in [2.45, 2.75) is 168 Å². The van der Waals surface area contributed by atoms with Gasteiger partial charge in [-0.2, -0.15) is 0 Å². The van der Waals surface area contributed by atoms with Crippen LogP contribution in [0.3, 0.4) is 0 Å². The number of allylic oxidation sites excluding steroid dienone is 8. The van der Waals surface area contributed by atoms with E-state index in [0.717, 1.165) is 89.9 Å². The maximum absolute atomic E-state index is 12.7. The summed E-state index contributed by atoms with van der Waals surface area (Å²) in [6, 6.07) is 0. The summed E-state index contributed by atoms with van der Waals surface area (Å²) < 4.78 is 34.2. The highest BCUT2D eigenvalue weighted by Gasteiger charge is 2.27. The minimum atomic E-state index is -4.38. The van der Waals surface area contributed by atoms with Gasteiger partial charge in [0.05, 0.1) is 27.7 Å². The largest absolute Gasteiger partial charge is 0.472 e. The molecular formula is C43H79NO8P+. The van der Waals surface area contributed by atoms with Crippen molar-refractivity contribution in [2.75, 3.05) is 47.5 Å². The lowest BCUT2D eigenvalue weighted by Gasteiger charge is -2.24. The number of phosphoric acid groups is 1. The van der Waals surface area contributed by atoms with E-state index < -0.39 is 26.5 Å². The third kappa shape index (κ3) is 39.5. The molecule has 0 amide bonds. The van der Waals surface area contributed by atoms with Crippen LogP contribution in [0.4, 0.5) is 0 Å². The Hall–Kier alpha value is -2.03. The van der Waals surface area contributed by atoms with Crippen LogP contribution in [-0.4, -0.2) is 74.9 Å². The Morgan fingerprint density at radius 2 is 1.04 bits per heavy atom. The van der Waals surface area contributed by atoms with Gasteiger partial charge in [0.1, 0.15) is 19.8 Å². The number of carbonyl (C=O) groups excluding carboxylic acids is 2. The van der Waals surface area contributed by atoms with Crippen molar-refractivity contribution < 1.29 is 42.1 Å². The zero-order chi connectivity index (χ0) is 39.3. The molecule has 9 nitrogen and oxygen atoms in total. The monoisotopic (exact) mass is 769 g/mol. The summed E-state index contributed by atoms with van der Waals surface area (Å²) in [4.78, 5) is 35.3. The Labute approximate surface area is 324 Å². The lowest BCUT2D eigenvalue weighted by Crippen LogP contribution is -2.37. The number of carbonyl (C=O) groups is 2. The predicted molar refractivity (Wildman–Crippen MR) is 220 cm³/mol. The molecule has 0 aromatic rings. The number of ether oxygens (including phenoxy) is 2. The first-order chi connectivity index (χ1) is 25.5. The van der Waals surface area contributed by atoms with E-state index >= 15 is 0 Å². The van der Waals surface area contributed by atoms with Gasteiger partial charge < -0.3 is 18.9 Å². The van der Waals surface area contributed by atoms with Crippen LogP contribution in [0.25, 0.3) is 0 Å². The molecule has 0 aliphatic rings. The van der Waals surface area contributed by atoms with Gasteiger partial charge in [-0.15, -0.1) is 0 Å². The van der Waals surface area contributed by atoms with Gasteiger partial charge in [0.25, 0.3) is 0 Å². The maximum Gasteiger partial charge on any atom is 0.472 e. The number of hydrogen-bond donors (Lipinski definition) is 1. The Morgan fingerprint density at radius 3 is 1.55 bits per heavy atom. The molecule has 0 aliphatic heterocycles. The zero-order valence-electron chi connectivity index (χ0n) is 34.5. The highest BCUT2D eigenvalue weighted by atomic mass is 31.2. The van der Waals surface area contributed by atoms with E-state index in [1.807, 2.05) is 21.1 Å². The van der Waals surface area contributed by atoms with Gasteiger partial charge in [0, 0.05) is 12.8 Å². The molecule has 1 N–H and O–H groups in total. The van der Waals surface area contributed by atoms with Gasteiger partial charge in [-0.1, -0.05) is 127 Å². The fraction of sp³-hybridized carbons (Fsp3) is 0.767. The Kier molecular flexibility index (Phi) is 34.3. The van der Waals surface area contributed by atoms with Crippen LogP contribution in [-0.2, 0) is 32.7 Å². The van der Waals surface area contributed by atoms with Crippen LogP contribution in [0.5, 0.6) is 0 Å². The maximum atomic E-state index is 12.7. The predicted octanol–water partition coefficient (Wildman–Crippen LogP) is 11.5. The molecule has 0 rings (SSSR count). The average Bonchev–Trinajstić information content (AvgIpc) is 3.10. The van der Waals surface area contributed by atoms with Gasteiger partial charge in [-0.25, -0.2) is 4.57 Å². The minimum Gasteiger partial charge on any atom is -0.462 e. The Morgan fingerprint density at radius 1 is 0.585 bits per heavy atom. The van der Waals surface area contributed by atoms with Crippen LogP contribution in [0, 0.1) is 0 Å².